The molecule has 0 aliphatic rings. The minimum absolute atomic E-state index is 0.0989. The highest BCUT2D eigenvalue weighted by Crippen LogP contribution is 2.31. The largest absolute Gasteiger partial charge is 0.457 e. The summed E-state index contributed by atoms with van der Waals surface area (Å²) in [5, 5.41) is 1.07. The highest BCUT2D eigenvalue weighted by atomic mass is 35.5. The zero-order chi connectivity index (χ0) is 20.3. The molecular weight excluding hydrogens is 427 g/mol. The molecule has 5 aromatic rings. The van der Waals surface area contributed by atoms with Crippen LogP contribution >= 0.6 is 34.5 Å². The van der Waals surface area contributed by atoms with Crippen molar-refractivity contribution in [2.75, 3.05) is 0 Å². The van der Waals surface area contributed by atoms with Crippen molar-refractivity contribution < 1.29 is 4.42 Å². The van der Waals surface area contributed by atoms with E-state index in [0.717, 1.165) is 27.7 Å². The molecule has 4 nitrogen and oxygen atoms in total. The van der Waals surface area contributed by atoms with E-state index in [1.165, 1.54) is 11.3 Å². The van der Waals surface area contributed by atoms with Crippen molar-refractivity contribution in [2.24, 2.45) is 0 Å². The van der Waals surface area contributed by atoms with E-state index in [1.54, 1.807) is 22.6 Å². The Kier molecular flexibility index (Phi) is 4.28. The number of imidazole rings is 1. The second-order valence-electron chi connectivity index (χ2n) is 6.90. The zero-order valence-electron chi connectivity index (χ0n) is 15.5. The second kappa shape index (κ2) is 6.73. The number of halogens is 2. The Morgan fingerprint density at radius 3 is 2.66 bits per heavy atom. The summed E-state index contributed by atoms with van der Waals surface area (Å²) < 4.78 is 8.13. The molecule has 0 saturated carbocycles. The smallest absolute Gasteiger partial charge is 0.275 e. The summed E-state index contributed by atoms with van der Waals surface area (Å²) >= 11 is 13.6. The summed E-state index contributed by atoms with van der Waals surface area (Å²) in [5.74, 6) is 1.19. The van der Waals surface area contributed by atoms with Crippen LogP contribution in [-0.4, -0.2) is 9.38 Å². The maximum Gasteiger partial charge on any atom is 0.275 e. The van der Waals surface area contributed by atoms with Crippen molar-refractivity contribution in [1.82, 2.24) is 9.38 Å². The van der Waals surface area contributed by atoms with E-state index in [-0.39, 0.29) is 5.56 Å². The van der Waals surface area contributed by atoms with Crippen LogP contribution in [0.1, 0.15) is 16.9 Å². The van der Waals surface area contributed by atoms with Gasteiger partial charge in [-0.15, -0.1) is 0 Å². The van der Waals surface area contributed by atoms with Crippen molar-refractivity contribution in [1.29, 1.82) is 0 Å². The summed E-state index contributed by atoms with van der Waals surface area (Å²) in [7, 11) is 0. The van der Waals surface area contributed by atoms with E-state index in [1.807, 2.05) is 44.2 Å². The number of rotatable bonds is 2. The second-order valence-corrected chi connectivity index (χ2v) is 8.75. The lowest BCUT2D eigenvalue weighted by atomic mass is 10.1. The van der Waals surface area contributed by atoms with Crippen molar-refractivity contribution in [3.63, 3.8) is 0 Å². The normalized spacial score (nSPS) is 12.5. The number of hydrogen-bond donors (Lipinski definition) is 0. The van der Waals surface area contributed by atoms with E-state index < -0.39 is 0 Å². The molecule has 29 heavy (non-hydrogen) atoms. The quantitative estimate of drug-likeness (QED) is 0.356. The average Bonchev–Trinajstić information content (AvgIpc) is 3.33. The van der Waals surface area contributed by atoms with Crippen molar-refractivity contribution in [3.8, 4) is 11.3 Å². The summed E-state index contributed by atoms with van der Waals surface area (Å²) in [6.45, 7) is 4.07. The molecule has 0 aliphatic heterocycles. The molecule has 3 heterocycles. The predicted molar refractivity (Wildman–Crippen MR) is 119 cm³/mol. The third kappa shape index (κ3) is 3.06. The van der Waals surface area contributed by atoms with Gasteiger partial charge in [-0.2, -0.15) is 0 Å². The van der Waals surface area contributed by atoms with Gasteiger partial charge in [-0.25, -0.2) is 9.38 Å². The Morgan fingerprint density at radius 1 is 1.07 bits per heavy atom. The van der Waals surface area contributed by atoms with Gasteiger partial charge >= 0.3 is 0 Å². The van der Waals surface area contributed by atoms with Crippen molar-refractivity contribution in [2.45, 2.75) is 13.8 Å². The molecule has 0 bridgehead atoms. The lowest BCUT2D eigenvalue weighted by Gasteiger charge is -2.00. The maximum absolute atomic E-state index is 13.0. The van der Waals surface area contributed by atoms with Crippen LogP contribution in [-0.2, 0) is 0 Å². The first-order valence-electron chi connectivity index (χ1n) is 8.90. The number of fused-ring (bicyclic) bond motifs is 3. The molecule has 0 saturated heterocycles. The van der Waals surface area contributed by atoms with Crippen LogP contribution in [0.5, 0.6) is 0 Å². The minimum atomic E-state index is -0.0989. The van der Waals surface area contributed by atoms with Gasteiger partial charge < -0.3 is 4.42 Å². The highest BCUT2D eigenvalue weighted by Gasteiger charge is 2.13. The fourth-order valence-electron chi connectivity index (χ4n) is 3.31. The molecule has 2 aromatic carbocycles. The first-order valence-corrected chi connectivity index (χ1v) is 10.5. The molecule has 0 atom stereocenters. The predicted octanol–water partition coefficient (Wildman–Crippen LogP) is 5.64. The van der Waals surface area contributed by atoms with E-state index in [4.69, 9.17) is 27.6 Å². The number of thiazole rings is 1. The van der Waals surface area contributed by atoms with Gasteiger partial charge in [0, 0.05) is 16.7 Å². The van der Waals surface area contributed by atoms with E-state index in [2.05, 4.69) is 4.98 Å². The standard InChI is InChI=1S/C22H14Cl2N2O2S/c1-11-7-17-18(8-12(11)2)26-21(27)20(29-22(26)25-17)10-14-4-6-19(28-14)15-5-3-13(23)9-16(15)24/h3-10H,1-2H3/b20-10+. The third-order valence-corrected chi connectivity index (χ3v) is 6.47. The van der Waals surface area contributed by atoms with Gasteiger partial charge in [-0.3, -0.25) is 4.79 Å². The topological polar surface area (TPSA) is 47.5 Å². The molecule has 0 N–H and O–H groups in total. The van der Waals surface area contributed by atoms with Crippen LogP contribution < -0.4 is 10.1 Å². The Balaban J connectivity index is 1.63. The maximum atomic E-state index is 13.0. The van der Waals surface area contributed by atoms with Gasteiger partial charge in [0.05, 0.1) is 16.1 Å². The first kappa shape index (κ1) is 18.4. The zero-order valence-corrected chi connectivity index (χ0v) is 17.8. The van der Waals surface area contributed by atoms with Crippen LogP contribution in [0.25, 0.3) is 33.4 Å². The molecule has 0 spiro atoms. The Labute approximate surface area is 179 Å². The van der Waals surface area contributed by atoms with Crippen LogP contribution in [0.3, 0.4) is 0 Å². The lowest BCUT2D eigenvalue weighted by molar-refractivity contribution is 0.571. The number of benzene rings is 2. The summed E-state index contributed by atoms with van der Waals surface area (Å²) in [5.41, 5.74) is 4.60. The Morgan fingerprint density at radius 2 is 1.86 bits per heavy atom. The fourth-order valence-corrected chi connectivity index (χ4v) is 4.78. The Bertz CT molecular complexity index is 1530. The van der Waals surface area contributed by atoms with Gasteiger partial charge in [0.1, 0.15) is 16.1 Å². The molecule has 0 radical (unpaired) electrons. The molecule has 144 valence electrons. The monoisotopic (exact) mass is 440 g/mol. The van der Waals surface area contributed by atoms with Crippen LogP contribution in [0.2, 0.25) is 10.0 Å². The van der Waals surface area contributed by atoms with Crippen molar-refractivity contribution in [3.05, 3.63) is 84.3 Å². The molecule has 5 rings (SSSR count). The summed E-state index contributed by atoms with van der Waals surface area (Å²) in [4.78, 5) is 18.3. The van der Waals surface area contributed by atoms with Crippen LogP contribution in [0.4, 0.5) is 0 Å². The summed E-state index contributed by atoms with van der Waals surface area (Å²) in [6, 6.07) is 12.9. The van der Waals surface area contributed by atoms with Crippen LogP contribution in [0.15, 0.2) is 51.7 Å². The fraction of sp³-hybridized carbons (Fsp3) is 0.0909. The Hall–Kier alpha value is -2.60. The number of aryl methyl sites for hydroxylation is 2. The molecular formula is C22H14Cl2N2O2S. The SMILES string of the molecule is Cc1cc2nc3s/c(=C/c4ccc(-c5ccc(Cl)cc5Cl)o4)c(=O)n3c2cc1C. The van der Waals surface area contributed by atoms with Gasteiger partial charge in [0.2, 0.25) is 0 Å². The third-order valence-electron chi connectivity index (χ3n) is 4.95. The number of aromatic nitrogens is 2. The van der Waals surface area contributed by atoms with Crippen LogP contribution in [0, 0.1) is 13.8 Å². The van der Waals surface area contributed by atoms with Gasteiger partial charge in [0.25, 0.3) is 5.56 Å². The first-order chi connectivity index (χ1) is 13.9. The number of nitrogens with zero attached hydrogens (tertiary/aromatic N) is 2. The average molecular weight is 441 g/mol. The molecule has 0 aliphatic carbocycles. The molecule has 0 amide bonds. The molecule has 7 heteroatoms. The lowest BCUT2D eigenvalue weighted by Crippen LogP contribution is -2.22. The molecule has 3 aromatic heterocycles. The summed E-state index contributed by atoms with van der Waals surface area (Å²) in [6.07, 6.45) is 1.74. The molecule has 0 unspecified atom stereocenters. The van der Waals surface area contributed by atoms with Gasteiger partial charge in [-0.1, -0.05) is 34.5 Å². The minimum Gasteiger partial charge on any atom is -0.457 e. The van der Waals surface area contributed by atoms with Gasteiger partial charge in [0.15, 0.2) is 4.96 Å². The van der Waals surface area contributed by atoms with E-state index >= 15 is 0 Å². The van der Waals surface area contributed by atoms with Gasteiger partial charge in [-0.05, 0) is 67.4 Å². The number of hydrogen-bond acceptors (Lipinski definition) is 4. The van der Waals surface area contributed by atoms with Crippen molar-refractivity contribution >= 4 is 56.6 Å². The number of furan rings is 1. The highest BCUT2D eigenvalue weighted by molar-refractivity contribution is 7.15. The molecule has 0 fully saturated rings. The van der Waals surface area contributed by atoms with E-state index in [9.17, 15) is 4.79 Å². The van der Waals surface area contributed by atoms with E-state index in [0.29, 0.717) is 31.1 Å².